The maximum absolute atomic E-state index is 12.5. The van der Waals surface area contributed by atoms with E-state index >= 15 is 0 Å². The molecule has 1 aromatic rings. The molecule has 0 aliphatic carbocycles. The minimum atomic E-state index is -4.38. The predicted molar refractivity (Wildman–Crippen MR) is 65.6 cm³/mol. The van der Waals surface area contributed by atoms with Crippen molar-refractivity contribution in [2.24, 2.45) is 5.92 Å². The zero-order valence-corrected chi connectivity index (χ0v) is 10.7. The van der Waals surface area contributed by atoms with Gasteiger partial charge in [0.25, 0.3) is 0 Å². The van der Waals surface area contributed by atoms with E-state index in [2.05, 4.69) is 15.3 Å². The Labute approximate surface area is 110 Å². The molecule has 1 aliphatic heterocycles. The summed E-state index contributed by atoms with van der Waals surface area (Å²) in [6, 6.07) is 0.913. The minimum absolute atomic E-state index is 0.295. The van der Waals surface area contributed by atoms with E-state index in [9.17, 15) is 13.2 Å². The molecule has 1 fully saturated rings. The topological polar surface area (TPSA) is 37.8 Å². The van der Waals surface area contributed by atoms with E-state index in [1.807, 2.05) is 0 Å². The smallest absolute Gasteiger partial charge is 0.317 e. The van der Waals surface area contributed by atoms with Gasteiger partial charge in [-0.05, 0) is 50.8 Å². The minimum Gasteiger partial charge on any atom is -0.317 e. The van der Waals surface area contributed by atoms with Crippen LogP contribution in [0.3, 0.4) is 0 Å². The maximum Gasteiger partial charge on any atom is 0.433 e. The van der Waals surface area contributed by atoms with Gasteiger partial charge in [-0.15, -0.1) is 0 Å². The second-order valence-electron chi connectivity index (χ2n) is 4.94. The first-order valence-corrected chi connectivity index (χ1v) is 6.65. The van der Waals surface area contributed by atoms with Crippen molar-refractivity contribution >= 4 is 0 Å². The van der Waals surface area contributed by atoms with Gasteiger partial charge in [0.1, 0.15) is 11.5 Å². The van der Waals surface area contributed by atoms with Gasteiger partial charge in [-0.2, -0.15) is 13.2 Å². The highest BCUT2D eigenvalue weighted by atomic mass is 19.4. The summed E-state index contributed by atoms with van der Waals surface area (Å²) in [5.41, 5.74) is -0.848. The second-order valence-corrected chi connectivity index (χ2v) is 4.94. The molecule has 0 bridgehead atoms. The summed E-state index contributed by atoms with van der Waals surface area (Å²) in [4.78, 5) is 7.49. The maximum atomic E-state index is 12.5. The highest BCUT2D eigenvalue weighted by Gasteiger charge is 2.32. The number of alkyl halides is 3. The molecule has 0 atom stereocenters. The molecular weight excluding hydrogens is 255 g/mol. The van der Waals surface area contributed by atoms with Crippen LogP contribution >= 0.6 is 0 Å². The second kappa shape index (κ2) is 6.32. The number of piperidine rings is 1. The van der Waals surface area contributed by atoms with Crippen LogP contribution in [0.15, 0.2) is 12.3 Å². The van der Waals surface area contributed by atoms with Crippen molar-refractivity contribution in [1.82, 2.24) is 15.3 Å². The number of nitrogens with zero attached hydrogens (tertiary/aromatic N) is 2. The van der Waals surface area contributed by atoms with Crippen LogP contribution in [0.2, 0.25) is 0 Å². The monoisotopic (exact) mass is 273 g/mol. The molecule has 0 amide bonds. The molecule has 0 spiro atoms. The highest BCUT2D eigenvalue weighted by Crippen LogP contribution is 2.27. The molecule has 1 aliphatic rings. The van der Waals surface area contributed by atoms with Gasteiger partial charge in [-0.25, -0.2) is 9.97 Å². The molecule has 0 saturated carbocycles. The number of aromatic nitrogens is 2. The van der Waals surface area contributed by atoms with Crippen LogP contribution < -0.4 is 5.32 Å². The van der Waals surface area contributed by atoms with Crippen molar-refractivity contribution in [3.63, 3.8) is 0 Å². The van der Waals surface area contributed by atoms with Crippen molar-refractivity contribution in [2.75, 3.05) is 13.1 Å². The lowest BCUT2D eigenvalue weighted by molar-refractivity contribution is -0.141. The molecule has 2 rings (SSSR count). The first-order chi connectivity index (χ1) is 9.05. The number of hydrogen-bond donors (Lipinski definition) is 1. The highest BCUT2D eigenvalue weighted by molar-refractivity contribution is 5.06. The van der Waals surface area contributed by atoms with Gasteiger partial charge in [0.15, 0.2) is 0 Å². The zero-order valence-electron chi connectivity index (χ0n) is 10.7. The fourth-order valence-electron chi connectivity index (χ4n) is 2.40. The first-order valence-electron chi connectivity index (χ1n) is 6.65. The lowest BCUT2D eigenvalue weighted by Gasteiger charge is -2.22. The molecule has 2 heterocycles. The Bertz CT molecular complexity index is 400. The summed E-state index contributed by atoms with van der Waals surface area (Å²) < 4.78 is 37.5. The van der Waals surface area contributed by atoms with Crippen LogP contribution in [0, 0.1) is 5.92 Å². The van der Waals surface area contributed by atoms with E-state index in [4.69, 9.17) is 0 Å². The molecule has 1 aromatic heterocycles. The summed E-state index contributed by atoms with van der Waals surface area (Å²) in [7, 11) is 0. The summed E-state index contributed by atoms with van der Waals surface area (Å²) in [6.45, 7) is 2.09. The fourth-order valence-corrected chi connectivity index (χ4v) is 2.40. The number of nitrogens with one attached hydrogen (secondary N) is 1. The SMILES string of the molecule is FC(F)(F)c1ccnc(CCCC2CCNCC2)n1. The summed E-state index contributed by atoms with van der Waals surface area (Å²) in [6.07, 6.45) is 1.54. The van der Waals surface area contributed by atoms with E-state index in [0.29, 0.717) is 18.2 Å². The van der Waals surface area contributed by atoms with E-state index in [-0.39, 0.29) is 0 Å². The third-order valence-electron chi connectivity index (χ3n) is 3.47. The van der Waals surface area contributed by atoms with Crippen LogP contribution in [-0.4, -0.2) is 23.1 Å². The molecule has 6 heteroatoms. The lowest BCUT2D eigenvalue weighted by Crippen LogP contribution is -2.27. The van der Waals surface area contributed by atoms with E-state index in [1.54, 1.807) is 0 Å². The lowest BCUT2D eigenvalue weighted by atomic mass is 9.92. The first kappa shape index (κ1) is 14.2. The van der Waals surface area contributed by atoms with Crippen molar-refractivity contribution < 1.29 is 13.2 Å². The summed E-state index contributed by atoms with van der Waals surface area (Å²) in [5.74, 6) is 0.982. The third-order valence-corrected chi connectivity index (χ3v) is 3.47. The van der Waals surface area contributed by atoms with Crippen molar-refractivity contribution in [1.29, 1.82) is 0 Å². The molecule has 1 saturated heterocycles. The Morgan fingerprint density at radius 1 is 1.26 bits per heavy atom. The van der Waals surface area contributed by atoms with Crippen LogP contribution in [-0.2, 0) is 12.6 Å². The molecule has 0 radical (unpaired) electrons. The van der Waals surface area contributed by atoms with Gasteiger partial charge >= 0.3 is 6.18 Å². The average Bonchev–Trinajstić information content (AvgIpc) is 2.39. The Hall–Kier alpha value is -1.17. The molecular formula is C13H18F3N3. The number of hydrogen-bond acceptors (Lipinski definition) is 3. The van der Waals surface area contributed by atoms with Gasteiger partial charge in [0.05, 0.1) is 0 Å². The normalized spacial score (nSPS) is 17.6. The Morgan fingerprint density at radius 2 is 2.00 bits per heavy atom. The number of aryl methyl sites for hydroxylation is 1. The van der Waals surface area contributed by atoms with Gasteiger partial charge in [0, 0.05) is 12.6 Å². The third kappa shape index (κ3) is 4.45. The Kier molecular flexibility index (Phi) is 4.74. The van der Waals surface area contributed by atoms with Crippen LogP contribution in [0.4, 0.5) is 13.2 Å². The van der Waals surface area contributed by atoms with Crippen LogP contribution in [0.25, 0.3) is 0 Å². The quantitative estimate of drug-likeness (QED) is 0.916. The van der Waals surface area contributed by atoms with E-state index in [1.165, 1.54) is 6.20 Å². The largest absolute Gasteiger partial charge is 0.433 e. The average molecular weight is 273 g/mol. The predicted octanol–water partition coefficient (Wildman–Crippen LogP) is 2.82. The van der Waals surface area contributed by atoms with Crippen LogP contribution in [0.5, 0.6) is 0 Å². The summed E-state index contributed by atoms with van der Waals surface area (Å²) in [5, 5.41) is 3.30. The number of rotatable bonds is 4. The fraction of sp³-hybridized carbons (Fsp3) is 0.692. The van der Waals surface area contributed by atoms with Gasteiger partial charge in [-0.3, -0.25) is 0 Å². The molecule has 1 N–H and O–H groups in total. The Balaban J connectivity index is 1.82. The molecule has 0 unspecified atom stereocenters. The van der Waals surface area contributed by atoms with Crippen LogP contribution in [0.1, 0.15) is 37.2 Å². The standard InChI is InChI=1S/C13H18F3N3/c14-13(15,16)11-6-9-18-12(19-11)3-1-2-10-4-7-17-8-5-10/h6,9-10,17H,1-5,7-8H2. The van der Waals surface area contributed by atoms with Crippen molar-refractivity contribution in [2.45, 2.75) is 38.3 Å². The molecule has 3 nitrogen and oxygen atoms in total. The van der Waals surface area contributed by atoms with Gasteiger partial charge < -0.3 is 5.32 Å². The zero-order chi connectivity index (χ0) is 13.7. The van der Waals surface area contributed by atoms with Crippen molar-refractivity contribution in [3.05, 3.63) is 23.8 Å². The molecule has 0 aromatic carbocycles. The van der Waals surface area contributed by atoms with E-state index in [0.717, 1.165) is 44.8 Å². The van der Waals surface area contributed by atoms with Gasteiger partial charge in [0.2, 0.25) is 0 Å². The molecule has 106 valence electrons. The number of halogens is 3. The molecule has 19 heavy (non-hydrogen) atoms. The summed E-state index contributed by atoms with van der Waals surface area (Å²) >= 11 is 0. The van der Waals surface area contributed by atoms with Gasteiger partial charge in [-0.1, -0.05) is 0 Å². The van der Waals surface area contributed by atoms with E-state index < -0.39 is 11.9 Å². The Morgan fingerprint density at radius 3 is 2.68 bits per heavy atom. The van der Waals surface area contributed by atoms with Crippen molar-refractivity contribution in [3.8, 4) is 0 Å².